The van der Waals surface area contributed by atoms with E-state index < -0.39 is 29.3 Å². The summed E-state index contributed by atoms with van der Waals surface area (Å²) in [6.07, 6.45) is 5.12. The number of carboxylic acids is 1. The molecule has 37 heavy (non-hydrogen) atoms. The highest BCUT2D eigenvalue weighted by Crippen LogP contribution is 2.42. The van der Waals surface area contributed by atoms with Gasteiger partial charge < -0.3 is 9.84 Å². The second-order valence-corrected chi connectivity index (χ2v) is 10.8. The van der Waals surface area contributed by atoms with Gasteiger partial charge in [0, 0.05) is 30.6 Å². The maximum absolute atomic E-state index is 15.4. The van der Waals surface area contributed by atoms with Crippen molar-refractivity contribution in [1.29, 1.82) is 0 Å². The summed E-state index contributed by atoms with van der Waals surface area (Å²) >= 11 is 0. The van der Waals surface area contributed by atoms with Crippen LogP contribution in [0.3, 0.4) is 0 Å². The van der Waals surface area contributed by atoms with Crippen LogP contribution in [0.25, 0.3) is 6.08 Å². The number of hydrogen-bond donors (Lipinski definition) is 1. The number of ketones is 1. The van der Waals surface area contributed by atoms with Crippen LogP contribution in [0, 0.1) is 17.6 Å². The number of benzene rings is 2. The van der Waals surface area contributed by atoms with E-state index in [1.54, 1.807) is 23.1 Å². The molecule has 2 unspecified atom stereocenters. The Bertz CT molecular complexity index is 1190. The van der Waals surface area contributed by atoms with Crippen LogP contribution in [-0.2, 0) is 16.0 Å². The van der Waals surface area contributed by atoms with Crippen LogP contribution in [0.5, 0.6) is 5.75 Å². The monoisotopic (exact) mass is 515 g/mol. The van der Waals surface area contributed by atoms with Crippen LogP contribution in [0.4, 0.5) is 13.2 Å². The molecule has 2 aliphatic rings. The summed E-state index contributed by atoms with van der Waals surface area (Å²) in [4.78, 5) is 24.7. The first-order valence-electron chi connectivity index (χ1n) is 12.5. The van der Waals surface area contributed by atoms with Crippen molar-refractivity contribution in [3.8, 4) is 5.75 Å². The third-order valence-corrected chi connectivity index (χ3v) is 6.79. The fourth-order valence-electron chi connectivity index (χ4n) is 4.98. The van der Waals surface area contributed by atoms with Crippen molar-refractivity contribution in [3.63, 3.8) is 0 Å². The first-order chi connectivity index (χ1) is 17.4. The number of nitrogens with zero attached hydrogens (tertiary/aromatic N) is 1. The van der Waals surface area contributed by atoms with E-state index in [0.29, 0.717) is 30.1 Å². The quantitative estimate of drug-likeness (QED) is 0.400. The van der Waals surface area contributed by atoms with E-state index in [1.165, 1.54) is 13.8 Å². The highest BCUT2D eigenvalue weighted by molar-refractivity contribution is 5.85. The van der Waals surface area contributed by atoms with Crippen molar-refractivity contribution < 1.29 is 32.6 Å². The Morgan fingerprint density at radius 3 is 2.43 bits per heavy atom. The SMILES string of the molecule is CC1Cc2cc(OCC(=O)CC3CC3)ccc2C(c2c(F)cc(/C=C/C(=O)O)cc2F)N1CC(C)(C)F. The normalized spacial score (nSPS) is 20.2. The van der Waals surface area contributed by atoms with Gasteiger partial charge in [-0.05, 0) is 93.0 Å². The lowest BCUT2D eigenvalue weighted by Gasteiger charge is -2.44. The average Bonchev–Trinajstić information content (AvgIpc) is 3.60. The predicted molar refractivity (Wildman–Crippen MR) is 134 cm³/mol. The Hall–Kier alpha value is -3.13. The molecule has 4 rings (SSSR count). The van der Waals surface area contributed by atoms with E-state index in [2.05, 4.69) is 0 Å². The fraction of sp³-hybridized carbons (Fsp3) is 0.448. The van der Waals surface area contributed by atoms with Crippen LogP contribution in [0.2, 0.25) is 0 Å². The number of alkyl halides is 1. The first-order valence-corrected chi connectivity index (χ1v) is 12.5. The largest absolute Gasteiger partial charge is 0.486 e. The number of rotatable bonds is 10. The number of Topliss-reactive ketones (excluding diaryl/α,β-unsaturated/α-hetero) is 1. The molecule has 0 amide bonds. The number of hydrogen-bond acceptors (Lipinski definition) is 4. The molecule has 2 aromatic carbocycles. The standard InChI is InChI=1S/C29H32F3NO4/c1-17-10-20-14-22(37-15-21(34)11-18-4-5-18)7-8-23(20)28(33(17)16-29(2,3)32)27-24(30)12-19(13-25(27)31)6-9-26(35)36/h6-9,12-14,17-18,28H,4-5,10-11,15-16H2,1-3H3,(H,35,36)/b9-6+. The molecular weight excluding hydrogens is 483 g/mol. The molecule has 1 aliphatic carbocycles. The number of carboxylic acid groups (broad SMARTS) is 1. The lowest BCUT2D eigenvalue weighted by atomic mass is 9.83. The zero-order valence-electron chi connectivity index (χ0n) is 21.3. The van der Waals surface area contributed by atoms with Crippen LogP contribution in [-0.4, -0.2) is 46.6 Å². The topological polar surface area (TPSA) is 66.8 Å². The first kappa shape index (κ1) is 26.9. The second kappa shape index (κ2) is 10.7. The van der Waals surface area contributed by atoms with E-state index in [1.807, 2.05) is 6.92 Å². The van der Waals surface area contributed by atoms with Crippen molar-refractivity contribution in [3.05, 3.63) is 70.3 Å². The molecule has 8 heteroatoms. The lowest BCUT2D eigenvalue weighted by molar-refractivity contribution is -0.131. The summed E-state index contributed by atoms with van der Waals surface area (Å²) in [5.41, 5.74) is -0.330. The molecule has 2 atom stereocenters. The lowest BCUT2D eigenvalue weighted by Crippen LogP contribution is -2.48. The van der Waals surface area contributed by atoms with Gasteiger partial charge in [0.05, 0.1) is 6.04 Å². The number of ether oxygens (including phenoxy) is 1. The Morgan fingerprint density at radius 2 is 1.84 bits per heavy atom. The zero-order chi connectivity index (χ0) is 26.9. The third kappa shape index (κ3) is 6.80. The molecule has 5 nitrogen and oxygen atoms in total. The van der Waals surface area contributed by atoms with Crippen LogP contribution >= 0.6 is 0 Å². The van der Waals surface area contributed by atoms with Crippen molar-refractivity contribution in [2.45, 2.75) is 64.2 Å². The van der Waals surface area contributed by atoms with Gasteiger partial charge >= 0.3 is 5.97 Å². The highest BCUT2D eigenvalue weighted by atomic mass is 19.1. The molecule has 0 radical (unpaired) electrons. The van der Waals surface area contributed by atoms with Crippen molar-refractivity contribution in [1.82, 2.24) is 4.90 Å². The second-order valence-electron chi connectivity index (χ2n) is 10.8. The maximum atomic E-state index is 15.4. The van der Waals surface area contributed by atoms with Gasteiger partial charge in [-0.2, -0.15) is 0 Å². The van der Waals surface area contributed by atoms with Gasteiger partial charge in [-0.25, -0.2) is 18.0 Å². The summed E-state index contributed by atoms with van der Waals surface area (Å²) < 4.78 is 51.5. The zero-order valence-corrected chi connectivity index (χ0v) is 21.3. The predicted octanol–water partition coefficient (Wildman–Crippen LogP) is 5.89. The van der Waals surface area contributed by atoms with Crippen molar-refractivity contribution >= 4 is 17.8 Å². The average molecular weight is 516 g/mol. The number of carbonyl (C=O) groups is 2. The van der Waals surface area contributed by atoms with Gasteiger partial charge in [0.2, 0.25) is 0 Å². The minimum absolute atomic E-state index is 0.0228. The van der Waals surface area contributed by atoms with Crippen LogP contribution in [0.15, 0.2) is 36.4 Å². The Labute approximate surface area is 214 Å². The summed E-state index contributed by atoms with van der Waals surface area (Å²) in [6, 6.07) is 6.20. The van der Waals surface area contributed by atoms with Crippen molar-refractivity contribution in [2.75, 3.05) is 13.2 Å². The molecule has 0 aromatic heterocycles. The summed E-state index contributed by atoms with van der Waals surface area (Å²) in [5.74, 6) is -1.90. The van der Waals surface area contributed by atoms with Gasteiger partial charge in [-0.15, -0.1) is 0 Å². The van der Waals surface area contributed by atoms with E-state index in [-0.39, 0.29) is 36.1 Å². The molecule has 198 valence electrons. The number of aliphatic carboxylic acids is 1. The van der Waals surface area contributed by atoms with E-state index >= 15 is 8.78 Å². The van der Waals surface area contributed by atoms with Gasteiger partial charge in [0.15, 0.2) is 5.78 Å². The minimum atomic E-state index is -1.62. The third-order valence-electron chi connectivity index (χ3n) is 6.79. The minimum Gasteiger partial charge on any atom is -0.486 e. The Morgan fingerprint density at radius 1 is 1.16 bits per heavy atom. The number of fused-ring (bicyclic) bond motifs is 1. The van der Waals surface area contributed by atoms with Crippen LogP contribution < -0.4 is 4.74 Å². The smallest absolute Gasteiger partial charge is 0.328 e. The maximum Gasteiger partial charge on any atom is 0.328 e. The summed E-state index contributed by atoms with van der Waals surface area (Å²) in [5, 5.41) is 8.84. The van der Waals surface area contributed by atoms with Gasteiger partial charge in [-0.3, -0.25) is 9.69 Å². The van der Waals surface area contributed by atoms with Gasteiger partial charge in [0.1, 0.15) is 29.7 Å². The Balaban J connectivity index is 1.70. The molecule has 0 spiro atoms. The summed E-state index contributed by atoms with van der Waals surface area (Å²) in [7, 11) is 0. The molecule has 2 aromatic rings. The molecule has 0 bridgehead atoms. The summed E-state index contributed by atoms with van der Waals surface area (Å²) in [6.45, 7) is 4.66. The molecule has 1 aliphatic heterocycles. The van der Waals surface area contributed by atoms with E-state index in [0.717, 1.165) is 42.7 Å². The fourth-order valence-corrected chi connectivity index (χ4v) is 4.98. The van der Waals surface area contributed by atoms with Gasteiger partial charge in [0.25, 0.3) is 0 Å². The Kier molecular flexibility index (Phi) is 7.78. The molecular formula is C29H32F3NO4. The van der Waals surface area contributed by atoms with E-state index in [9.17, 15) is 14.0 Å². The van der Waals surface area contributed by atoms with Gasteiger partial charge in [-0.1, -0.05) is 6.07 Å². The number of carbonyl (C=O) groups excluding carboxylic acids is 1. The van der Waals surface area contributed by atoms with Crippen molar-refractivity contribution in [2.24, 2.45) is 5.92 Å². The van der Waals surface area contributed by atoms with E-state index in [4.69, 9.17) is 9.84 Å². The molecule has 1 heterocycles. The number of halogens is 3. The molecule has 1 N–H and O–H groups in total. The highest BCUT2D eigenvalue weighted by Gasteiger charge is 2.39. The molecule has 1 fully saturated rings. The molecule has 0 saturated heterocycles. The molecule has 1 saturated carbocycles. The van der Waals surface area contributed by atoms with Crippen LogP contribution in [0.1, 0.15) is 68.3 Å².